The molecule has 2 fully saturated rings. The Bertz CT molecular complexity index is 1110. The van der Waals surface area contributed by atoms with Crippen molar-refractivity contribution in [1.29, 1.82) is 0 Å². The van der Waals surface area contributed by atoms with E-state index in [1.165, 1.54) is 6.92 Å². The number of nitrogens with one attached hydrogen (secondary N) is 1. The maximum atomic E-state index is 12.1. The van der Waals surface area contributed by atoms with Crippen molar-refractivity contribution in [3.8, 4) is 0 Å². The van der Waals surface area contributed by atoms with Crippen molar-refractivity contribution in [1.82, 2.24) is 9.55 Å². The van der Waals surface area contributed by atoms with E-state index in [1.807, 2.05) is 4.98 Å². The number of aliphatic hydroxyl groups is 5. The summed E-state index contributed by atoms with van der Waals surface area (Å²) in [5.41, 5.74) is -1.72. The first kappa shape index (κ1) is 28.2. The number of hydrogen-bond acceptors (Lipinski definition) is 14. The zero-order valence-electron chi connectivity index (χ0n) is 17.7. The molecule has 35 heavy (non-hydrogen) atoms. The third kappa shape index (κ3) is 6.51. The standard InChI is InChI=1S/C15H24N2O16P2/c1-5-8(19)10(21)12(23)14(30-5)32-35(27,28)33-34(25,26)29-4-6-9(20)11(22)13(31-6)17-3-2-7(18)16-15(17)24/h2-3,5-6,8-14,19-23H,4H2,1H3,(H,25,26)(H,27,28)(H,16,18,24). The lowest BCUT2D eigenvalue weighted by Crippen LogP contribution is -2.57. The zero-order chi connectivity index (χ0) is 26.3. The van der Waals surface area contributed by atoms with Crippen LogP contribution in [0, 0.1) is 0 Å². The molecule has 0 aromatic carbocycles. The van der Waals surface area contributed by atoms with E-state index in [9.17, 15) is 54.0 Å². The lowest BCUT2D eigenvalue weighted by Gasteiger charge is -2.38. The van der Waals surface area contributed by atoms with Crippen LogP contribution < -0.4 is 11.2 Å². The molecule has 1 aromatic rings. The van der Waals surface area contributed by atoms with Crippen LogP contribution in [0.2, 0.25) is 0 Å². The van der Waals surface area contributed by atoms with E-state index in [-0.39, 0.29) is 0 Å². The van der Waals surface area contributed by atoms with Crippen LogP contribution in [-0.4, -0.2) is 100 Å². The highest BCUT2D eigenvalue weighted by atomic mass is 31.3. The first-order valence-electron chi connectivity index (χ1n) is 9.84. The SMILES string of the molecule is CC1OC(OP(=O)(O)OP(=O)(O)OCC2OC(n3ccc(=O)[nH]c3=O)C(O)C2O)C(O)C(O)C1O. The maximum absolute atomic E-state index is 12.1. The molecular formula is C15H24N2O16P2. The van der Waals surface area contributed by atoms with Crippen molar-refractivity contribution in [3.05, 3.63) is 33.1 Å². The molecule has 0 radical (unpaired) electrons. The monoisotopic (exact) mass is 550 g/mol. The molecule has 18 nitrogen and oxygen atoms in total. The predicted molar refractivity (Wildman–Crippen MR) is 107 cm³/mol. The minimum absolute atomic E-state index is 0.737. The molecule has 2 saturated heterocycles. The lowest BCUT2D eigenvalue weighted by molar-refractivity contribution is -0.271. The average molecular weight is 550 g/mol. The number of aliphatic hydroxyl groups excluding tert-OH is 5. The summed E-state index contributed by atoms with van der Waals surface area (Å²) in [4.78, 5) is 44.5. The van der Waals surface area contributed by atoms with Crippen LogP contribution in [0.25, 0.3) is 0 Å². The summed E-state index contributed by atoms with van der Waals surface area (Å²) in [7, 11) is -10.9. The molecule has 11 unspecified atom stereocenters. The van der Waals surface area contributed by atoms with Gasteiger partial charge in [-0.3, -0.25) is 23.4 Å². The van der Waals surface area contributed by atoms with E-state index in [2.05, 4.69) is 13.4 Å². The highest BCUT2D eigenvalue weighted by Crippen LogP contribution is 2.61. The number of hydrogen-bond donors (Lipinski definition) is 8. The Morgan fingerprint density at radius 1 is 0.971 bits per heavy atom. The number of H-pyrrole nitrogens is 1. The molecule has 0 spiro atoms. The summed E-state index contributed by atoms with van der Waals surface area (Å²) in [6.45, 7) is 0.250. The van der Waals surface area contributed by atoms with E-state index in [0.717, 1.165) is 16.8 Å². The summed E-state index contributed by atoms with van der Waals surface area (Å²) in [5, 5.41) is 49.4. The van der Waals surface area contributed by atoms with Crippen LogP contribution in [0.4, 0.5) is 0 Å². The van der Waals surface area contributed by atoms with Gasteiger partial charge in [-0.25, -0.2) is 13.9 Å². The zero-order valence-corrected chi connectivity index (χ0v) is 19.5. The number of phosphoric ester groups is 2. The Labute approximate surface area is 195 Å². The highest BCUT2D eigenvalue weighted by molar-refractivity contribution is 7.61. The molecular weight excluding hydrogens is 526 g/mol. The molecule has 0 amide bonds. The first-order chi connectivity index (χ1) is 16.1. The predicted octanol–water partition coefficient (Wildman–Crippen LogP) is -3.77. The molecule has 8 N–H and O–H groups in total. The van der Waals surface area contributed by atoms with E-state index in [4.69, 9.17) is 9.47 Å². The van der Waals surface area contributed by atoms with Gasteiger partial charge in [0.2, 0.25) is 0 Å². The maximum Gasteiger partial charge on any atom is 0.483 e. The van der Waals surface area contributed by atoms with Crippen molar-refractivity contribution < 1.29 is 67.3 Å². The molecule has 11 atom stereocenters. The van der Waals surface area contributed by atoms with Crippen molar-refractivity contribution in [2.45, 2.75) is 62.2 Å². The van der Waals surface area contributed by atoms with Crippen molar-refractivity contribution in [2.24, 2.45) is 0 Å². The van der Waals surface area contributed by atoms with Gasteiger partial charge in [0.25, 0.3) is 5.56 Å². The summed E-state index contributed by atoms with van der Waals surface area (Å²) in [5.74, 6) is 0. The Kier molecular flexibility index (Phi) is 8.52. The highest BCUT2D eigenvalue weighted by Gasteiger charge is 2.49. The minimum atomic E-state index is -5.50. The van der Waals surface area contributed by atoms with Crippen LogP contribution in [0.5, 0.6) is 0 Å². The number of nitrogens with zero attached hydrogens (tertiary/aromatic N) is 1. The van der Waals surface area contributed by atoms with Gasteiger partial charge in [0.15, 0.2) is 12.5 Å². The van der Waals surface area contributed by atoms with Crippen LogP contribution >= 0.6 is 15.6 Å². The van der Waals surface area contributed by atoms with Gasteiger partial charge in [-0.1, -0.05) is 0 Å². The molecule has 0 saturated carbocycles. The fourth-order valence-electron chi connectivity index (χ4n) is 3.30. The smallest absolute Gasteiger partial charge is 0.388 e. The van der Waals surface area contributed by atoms with Crippen LogP contribution in [0.3, 0.4) is 0 Å². The molecule has 2 aliphatic heterocycles. The van der Waals surface area contributed by atoms with Crippen molar-refractivity contribution >= 4 is 15.6 Å². The topological polar surface area (TPSA) is 277 Å². The number of rotatable bonds is 8. The third-order valence-electron chi connectivity index (χ3n) is 5.12. The second-order valence-electron chi connectivity index (χ2n) is 7.66. The normalized spacial score (nSPS) is 39.1. The van der Waals surface area contributed by atoms with Crippen LogP contribution in [0.15, 0.2) is 21.9 Å². The van der Waals surface area contributed by atoms with E-state index >= 15 is 0 Å². The number of aromatic nitrogens is 2. The quantitative estimate of drug-likeness (QED) is 0.144. The third-order valence-corrected chi connectivity index (χ3v) is 7.72. The van der Waals surface area contributed by atoms with Gasteiger partial charge in [0.05, 0.1) is 12.7 Å². The molecule has 0 aliphatic carbocycles. The average Bonchev–Trinajstić information content (AvgIpc) is 3.02. The van der Waals surface area contributed by atoms with Gasteiger partial charge in [-0.2, -0.15) is 4.31 Å². The van der Waals surface area contributed by atoms with Gasteiger partial charge < -0.3 is 44.8 Å². The van der Waals surface area contributed by atoms with Gasteiger partial charge in [0.1, 0.15) is 36.6 Å². The van der Waals surface area contributed by atoms with E-state index in [1.54, 1.807) is 0 Å². The lowest BCUT2D eigenvalue weighted by atomic mass is 10.0. The van der Waals surface area contributed by atoms with Gasteiger partial charge >= 0.3 is 21.3 Å². The summed E-state index contributed by atoms with van der Waals surface area (Å²) in [6, 6.07) is 0.940. The molecule has 3 rings (SSSR count). The Balaban J connectivity index is 1.61. The second-order valence-corrected chi connectivity index (χ2v) is 10.7. The van der Waals surface area contributed by atoms with E-state index < -0.39 is 88.7 Å². The fraction of sp³-hybridized carbons (Fsp3) is 0.733. The molecule has 20 heteroatoms. The van der Waals surface area contributed by atoms with Crippen molar-refractivity contribution in [2.75, 3.05) is 6.61 Å². The summed E-state index contributed by atoms with van der Waals surface area (Å²) >= 11 is 0. The first-order valence-corrected chi connectivity index (χ1v) is 12.8. The molecule has 2 aliphatic rings. The number of aromatic amines is 1. The largest absolute Gasteiger partial charge is 0.483 e. The van der Waals surface area contributed by atoms with E-state index in [0.29, 0.717) is 0 Å². The molecule has 1 aromatic heterocycles. The number of phosphoric acid groups is 2. The van der Waals surface area contributed by atoms with Gasteiger partial charge in [-0.15, -0.1) is 0 Å². The second kappa shape index (κ2) is 10.6. The number of ether oxygens (including phenoxy) is 2. The molecule has 3 heterocycles. The Morgan fingerprint density at radius 2 is 1.63 bits per heavy atom. The van der Waals surface area contributed by atoms with Crippen LogP contribution in [0.1, 0.15) is 13.2 Å². The molecule has 0 bridgehead atoms. The van der Waals surface area contributed by atoms with Gasteiger partial charge in [-0.05, 0) is 6.92 Å². The summed E-state index contributed by atoms with van der Waals surface area (Å²) < 4.78 is 48.3. The summed E-state index contributed by atoms with van der Waals surface area (Å²) in [6.07, 6.45) is -14.2. The molecule has 200 valence electrons. The minimum Gasteiger partial charge on any atom is -0.388 e. The van der Waals surface area contributed by atoms with Gasteiger partial charge in [0, 0.05) is 12.3 Å². The van der Waals surface area contributed by atoms with Crippen molar-refractivity contribution in [3.63, 3.8) is 0 Å². The Morgan fingerprint density at radius 3 is 2.26 bits per heavy atom. The van der Waals surface area contributed by atoms with Crippen LogP contribution in [-0.2, 0) is 32.0 Å². The fourth-order valence-corrected chi connectivity index (χ4v) is 5.45. The Hall–Kier alpha value is -1.34.